The number of anilines is 1. The van der Waals surface area contributed by atoms with E-state index in [0.29, 0.717) is 22.7 Å². The maximum atomic E-state index is 12.4. The summed E-state index contributed by atoms with van der Waals surface area (Å²) in [5.41, 5.74) is 0.677. The summed E-state index contributed by atoms with van der Waals surface area (Å²) in [6, 6.07) is 7.57. The molecule has 1 aromatic carbocycles. The zero-order chi connectivity index (χ0) is 20.7. The molecule has 0 unspecified atom stereocenters. The Morgan fingerprint density at radius 1 is 1.21 bits per heavy atom. The molecule has 1 aromatic heterocycles. The van der Waals surface area contributed by atoms with Gasteiger partial charge in [0.05, 0.1) is 13.0 Å². The predicted molar refractivity (Wildman–Crippen MR) is 108 cm³/mol. The summed E-state index contributed by atoms with van der Waals surface area (Å²) in [5, 5.41) is 25.1. The number of phenols is 1. The van der Waals surface area contributed by atoms with Crippen LogP contribution in [0.1, 0.15) is 36.3 Å². The number of ketones is 1. The van der Waals surface area contributed by atoms with Gasteiger partial charge in [0.15, 0.2) is 5.78 Å². The molecule has 0 aliphatic heterocycles. The van der Waals surface area contributed by atoms with Crippen LogP contribution in [0.3, 0.4) is 0 Å². The summed E-state index contributed by atoms with van der Waals surface area (Å²) in [5.74, 6) is -0.597. The van der Waals surface area contributed by atoms with Crippen molar-refractivity contribution in [3.63, 3.8) is 0 Å². The number of hydrogen-bond acceptors (Lipinski definition) is 6. The molecule has 0 atom stereocenters. The van der Waals surface area contributed by atoms with E-state index in [-0.39, 0.29) is 48.2 Å². The SMILES string of the molecule is CC(C)(CCO)NCC(=O)c1cc(NC(=O)Cc2cc(Cl)ccc2O)ccn1. The van der Waals surface area contributed by atoms with Crippen molar-refractivity contribution in [2.24, 2.45) is 0 Å². The number of phenolic OH excluding ortho intramolecular Hbond substituents is 1. The number of nitrogens with one attached hydrogen (secondary N) is 2. The predicted octanol–water partition coefficient (Wildman–Crippen LogP) is 2.56. The van der Waals surface area contributed by atoms with Gasteiger partial charge in [-0.1, -0.05) is 11.6 Å². The monoisotopic (exact) mass is 405 g/mol. The van der Waals surface area contributed by atoms with Gasteiger partial charge in [0.2, 0.25) is 5.91 Å². The highest BCUT2D eigenvalue weighted by Crippen LogP contribution is 2.22. The average Bonchev–Trinajstić information content (AvgIpc) is 2.63. The van der Waals surface area contributed by atoms with Crippen molar-refractivity contribution in [2.75, 3.05) is 18.5 Å². The fourth-order valence-electron chi connectivity index (χ4n) is 2.51. The van der Waals surface area contributed by atoms with Crippen LogP contribution in [-0.2, 0) is 11.2 Å². The lowest BCUT2D eigenvalue weighted by molar-refractivity contribution is -0.115. The van der Waals surface area contributed by atoms with Crippen molar-refractivity contribution in [3.8, 4) is 5.75 Å². The van der Waals surface area contributed by atoms with Gasteiger partial charge in [0.1, 0.15) is 11.4 Å². The van der Waals surface area contributed by atoms with E-state index in [1.807, 2.05) is 13.8 Å². The highest BCUT2D eigenvalue weighted by molar-refractivity contribution is 6.30. The highest BCUT2D eigenvalue weighted by Gasteiger charge is 2.19. The molecule has 0 radical (unpaired) electrons. The lowest BCUT2D eigenvalue weighted by Gasteiger charge is -2.24. The van der Waals surface area contributed by atoms with Crippen LogP contribution >= 0.6 is 11.6 Å². The van der Waals surface area contributed by atoms with Crippen molar-refractivity contribution < 1.29 is 19.8 Å². The number of aliphatic hydroxyl groups excluding tert-OH is 1. The number of aliphatic hydroxyl groups is 1. The van der Waals surface area contributed by atoms with Crippen LogP contribution in [0.4, 0.5) is 5.69 Å². The first-order chi connectivity index (χ1) is 13.2. The molecule has 1 heterocycles. The summed E-state index contributed by atoms with van der Waals surface area (Å²) in [6.07, 6.45) is 1.90. The van der Waals surface area contributed by atoms with Gasteiger partial charge in [0.25, 0.3) is 0 Å². The van der Waals surface area contributed by atoms with Crippen LogP contribution in [0.2, 0.25) is 5.02 Å². The molecule has 0 bridgehead atoms. The lowest BCUT2D eigenvalue weighted by Crippen LogP contribution is -2.43. The highest BCUT2D eigenvalue weighted by atomic mass is 35.5. The van der Waals surface area contributed by atoms with Gasteiger partial charge in [0, 0.05) is 34.6 Å². The van der Waals surface area contributed by atoms with Gasteiger partial charge in [-0.2, -0.15) is 0 Å². The number of carbonyl (C=O) groups excluding carboxylic acids is 2. The molecule has 4 N–H and O–H groups in total. The Labute approximate surface area is 168 Å². The number of nitrogens with zero attached hydrogens (tertiary/aromatic N) is 1. The first-order valence-corrected chi connectivity index (χ1v) is 9.20. The zero-order valence-electron chi connectivity index (χ0n) is 15.8. The standard InChI is InChI=1S/C20H24ClN3O4/c1-20(2,6-8-25)23-12-18(27)16-11-15(5-7-22-16)24-19(28)10-13-9-14(21)3-4-17(13)26/h3-5,7,9,11,23,25-26H,6,8,10,12H2,1-2H3,(H,22,24,28). The molecule has 0 aliphatic rings. The molecule has 0 spiro atoms. The summed E-state index contributed by atoms with van der Waals surface area (Å²) in [6.45, 7) is 3.88. The zero-order valence-corrected chi connectivity index (χ0v) is 16.6. The summed E-state index contributed by atoms with van der Waals surface area (Å²) in [4.78, 5) is 28.7. The van der Waals surface area contributed by atoms with E-state index in [9.17, 15) is 14.7 Å². The number of Topliss-reactive ketones (excluding diaryl/α,β-unsaturated/α-hetero) is 1. The molecular formula is C20H24ClN3O4. The van der Waals surface area contributed by atoms with Crippen LogP contribution in [0.15, 0.2) is 36.5 Å². The largest absolute Gasteiger partial charge is 0.508 e. The lowest BCUT2D eigenvalue weighted by atomic mass is 10.0. The minimum Gasteiger partial charge on any atom is -0.508 e. The first kappa shape index (κ1) is 21.8. The Hall–Kier alpha value is -2.48. The molecule has 150 valence electrons. The molecule has 1 amide bonds. The third kappa shape index (κ3) is 6.60. The van der Waals surface area contributed by atoms with Crippen LogP contribution in [0.25, 0.3) is 0 Å². The van der Waals surface area contributed by atoms with E-state index in [0.717, 1.165) is 0 Å². The molecule has 0 saturated carbocycles. The number of carbonyl (C=O) groups is 2. The number of hydrogen-bond donors (Lipinski definition) is 4. The summed E-state index contributed by atoms with van der Waals surface area (Å²) in [7, 11) is 0. The van der Waals surface area contributed by atoms with Gasteiger partial charge in [-0.25, -0.2) is 0 Å². The Balaban J connectivity index is 1.99. The second kappa shape index (κ2) is 9.64. The second-order valence-electron chi connectivity index (χ2n) is 7.06. The number of pyridine rings is 1. The maximum absolute atomic E-state index is 12.4. The van der Waals surface area contributed by atoms with Gasteiger partial charge in [-0.3, -0.25) is 14.6 Å². The number of aromatic hydroxyl groups is 1. The minimum absolute atomic E-state index is 0.0123. The number of amides is 1. The third-order valence-corrected chi connectivity index (χ3v) is 4.42. The van der Waals surface area contributed by atoms with Crippen molar-refractivity contribution in [1.29, 1.82) is 0 Å². The van der Waals surface area contributed by atoms with E-state index in [4.69, 9.17) is 16.7 Å². The van der Waals surface area contributed by atoms with Gasteiger partial charge >= 0.3 is 0 Å². The van der Waals surface area contributed by atoms with Crippen LogP contribution < -0.4 is 10.6 Å². The molecule has 2 rings (SSSR count). The summed E-state index contributed by atoms with van der Waals surface area (Å²) >= 11 is 5.89. The van der Waals surface area contributed by atoms with E-state index in [2.05, 4.69) is 15.6 Å². The van der Waals surface area contributed by atoms with E-state index in [1.54, 1.807) is 6.07 Å². The van der Waals surface area contributed by atoms with Crippen LogP contribution in [0, 0.1) is 0 Å². The van der Waals surface area contributed by atoms with Crippen molar-refractivity contribution in [2.45, 2.75) is 32.2 Å². The molecule has 2 aromatic rings. The maximum Gasteiger partial charge on any atom is 0.228 e. The Kier molecular flexibility index (Phi) is 7.51. The quantitative estimate of drug-likeness (QED) is 0.477. The minimum atomic E-state index is -0.380. The number of benzene rings is 1. The molecule has 0 fully saturated rings. The molecule has 7 nitrogen and oxygen atoms in total. The molecule has 28 heavy (non-hydrogen) atoms. The Bertz CT molecular complexity index is 855. The van der Waals surface area contributed by atoms with Crippen LogP contribution in [-0.4, -0.2) is 45.6 Å². The molecular weight excluding hydrogens is 382 g/mol. The van der Waals surface area contributed by atoms with Crippen molar-refractivity contribution >= 4 is 29.0 Å². The first-order valence-electron chi connectivity index (χ1n) is 8.82. The normalized spacial score (nSPS) is 11.3. The number of halogens is 1. The fourth-order valence-corrected chi connectivity index (χ4v) is 2.71. The molecule has 8 heteroatoms. The van der Waals surface area contributed by atoms with Gasteiger partial charge in [-0.05, 0) is 50.6 Å². The molecule has 0 saturated heterocycles. The second-order valence-corrected chi connectivity index (χ2v) is 7.50. The van der Waals surface area contributed by atoms with Crippen LogP contribution in [0.5, 0.6) is 5.75 Å². The van der Waals surface area contributed by atoms with E-state index >= 15 is 0 Å². The number of aromatic nitrogens is 1. The summed E-state index contributed by atoms with van der Waals surface area (Å²) < 4.78 is 0. The third-order valence-electron chi connectivity index (χ3n) is 4.19. The average molecular weight is 406 g/mol. The van der Waals surface area contributed by atoms with E-state index in [1.165, 1.54) is 30.5 Å². The smallest absolute Gasteiger partial charge is 0.228 e. The topological polar surface area (TPSA) is 112 Å². The van der Waals surface area contributed by atoms with Gasteiger partial charge in [-0.15, -0.1) is 0 Å². The van der Waals surface area contributed by atoms with Crippen molar-refractivity contribution in [1.82, 2.24) is 10.3 Å². The van der Waals surface area contributed by atoms with Gasteiger partial charge < -0.3 is 20.8 Å². The Morgan fingerprint density at radius 2 is 1.96 bits per heavy atom. The fraction of sp³-hybridized carbons (Fsp3) is 0.350. The number of rotatable bonds is 9. The molecule has 0 aliphatic carbocycles. The van der Waals surface area contributed by atoms with Crippen molar-refractivity contribution in [3.05, 3.63) is 52.8 Å². The Morgan fingerprint density at radius 3 is 2.68 bits per heavy atom. The van der Waals surface area contributed by atoms with E-state index < -0.39 is 0 Å².